The van der Waals surface area contributed by atoms with Gasteiger partial charge in [-0.25, -0.2) is 4.57 Å². The zero-order valence-corrected chi connectivity index (χ0v) is 18.9. The van der Waals surface area contributed by atoms with Crippen LogP contribution in [0.5, 0.6) is 5.88 Å². The second kappa shape index (κ2) is 10.7. The zero-order valence-electron chi connectivity index (χ0n) is 18.0. The van der Waals surface area contributed by atoms with E-state index in [2.05, 4.69) is 46.4 Å². The molecule has 0 spiro atoms. The van der Waals surface area contributed by atoms with Gasteiger partial charge in [0.15, 0.2) is 13.1 Å². The molecule has 172 valence electrons. The number of rotatable bonds is 10. The van der Waals surface area contributed by atoms with Crippen molar-refractivity contribution in [2.45, 2.75) is 13.3 Å². The number of anilines is 1. The van der Waals surface area contributed by atoms with E-state index in [1.807, 2.05) is 29.1 Å². The van der Waals surface area contributed by atoms with Crippen LogP contribution in [0.2, 0.25) is 0 Å². The third kappa shape index (κ3) is 5.62. The van der Waals surface area contributed by atoms with Crippen LogP contribution in [-0.2, 0) is 22.5 Å². The molecular formula is C22H25N5O5P+. The number of hydrogen-bond acceptors (Lipinski definition) is 8. The van der Waals surface area contributed by atoms with E-state index >= 15 is 0 Å². The lowest BCUT2D eigenvalue weighted by molar-refractivity contribution is -0.711. The number of nitrogens with zero attached hydrogens (tertiary/aromatic N) is 4. The van der Waals surface area contributed by atoms with Crippen molar-refractivity contribution in [3.8, 4) is 17.0 Å². The van der Waals surface area contributed by atoms with Gasteiger partial charge in [-0.15, -0.1) is 0 Å². The van der Waals surface area contributed by atoms with Crippen LogP contribution >= 0.6 is 8.60 Å². The minimum Gasteiger partial charge on any atom is -0.478 e. The molecule has 0 aliphatic heterocycles. The van der Waals surface area contributed by atoms with E-state index in [0.29, 0.717) is 23.6 Å². The molecule has 2 aromatic carbocycles. The third-order valence-corrected chi connectivity index (χ3v) is 5.37. The minimum atomic E-state index is -2.40. The highest BCUT2D eigenvalue weighted by atomic mass is 31.2. The maximum absolute atomic E-state index is 8.81. The van der Waals surface area contributed by atoms with Gasteiger partial charge in [0.05, 0.1) is 26.9 Å². The van der Waals surface area contributed by atoms with Crippen molar-refractivity contribution in [1.29, 1.82) is 0 Å². The molecule has 2 aromatic heterocycles. The lowest BCUT2D eigenvalue weighted by Crippen LogP contribution is -2.35. The molecule has 0 saturated heterocycles. The Labute approximate surface area is 191 Å². The highest BCUT2D eigenvalue weighted by Gasteiger charge is 2.24. The predicted molar refractivity (Wildman–Crippen MR) is 123 cm³/mol. The fraction of sp³-hybridized carbons (Fsp3) is 0.227. The van der Waals surface area contributed by atoms with Crippen molar-refractivity contribution in [2.75, 3.05) is 26.1 Å². The summed E-state index contributed by atoms with van der Waals surface area (Å²) in [6.07, 6.45) is 1.86. The van der Waals surface area contributed by atoms with Crippen molar-refractivity contribution in [3.05, 3.63) is 66.5 Å². The fourth-order valence-corrected chi connectivity index (χ4v) is 3.74. The molecule has 0 saturated carbocycles. The van der Waals surface area contributed by atoms with E-state index in [4.69, 9.17) is 29.5 Å². The summed E-state index contributed by atoms with van der Waals surface area (Å²) in [4.78, 5) is 26.2. The lowest BCUT2D eigenvalue weighted by atomic mass is 10.0. The summed E-state index contributed by atoms with van der Waals surface area (Å²) in [5.41, 5.74) is 10.5. The third-order valence-electron chi connectivity index (χ3n) is 4.96. The lowest BCUT2D eigenvalue weighted by Gasteiger charge is -2.05. The second-order valence-electron chi connectivity index (χ2n) is 7.16. The molecule has 0 unspecified atom stereocenters. The number of hydrogen-bond donors (Lipinski definition) is 3. The molecule has 0 atom stereocenters. The average Bonchev–Trinajstić information content (AvgIpc) is 3.16. The normalized spacial score (nSPS) is 11.4. The Kier molecular flexibility index (Phi) is 7.43. The number of methoxy groups -OCH3 is 1. The summed E-state index contributed by atoms with van der Waals surface area (Å²) < 4.78 is 19.5. The number of ether oxygens (including phenoxy) is 2. The molecular weight excluding hydrogens is 445 g/mol. The quantitative estimate of drug-likeness (QED) is 0.183. The van der Waals surface area contributed by atoms with Gasteiger partial charge in [-0.05, 0) is 16.7 Å². The summed E-state index contributed by atoms with van der Waals surface area (Å²) in [6.45, 7) is 0.962. The van der Waals surface area contributed by atoms with E-state index in [1.165, 1.54) is 7.11 Å². The standard InChI is InChI=1S/C22H25N5O5P/c1-30-21-19-20(24-22(23)25-21)27(15-31-11-12-32-33(28)29)14-26(19)13-16-7-9-18(10-8-16)17-5-3-2-4-6-17/h2-10,14,28-29H,11-13,15H2,1H3,(H2,23,24,25)/q+1. The van der Waals surface area contributed by atoms with Gasteiger partial charge in [-0.3, -0.25) is 4.57 Å². The van der Waals surface area contributed by atoms with Crippen molar-refractivity contribution in [1.82, 2.24) is 14.5 Å². The molecule has 11 heteroatoms. The van der Waals surface area contributed by atoms with Gasteiger partial charge in [0.2, 0.25) is 5.52 Å². The molecule has 0 radical (unpaired) electrons. The van der Waals surface area contributed by atoms with Gasteiger partial charge in [0, 0.05) is 0 Å². The Bertz CT molecular complexity index is 1200. The van der Waals surface area contributed by atoms with Crippen LogP contribution < -0.4 is 15.0 Å². The van der Waals surface area contributed by atoms with Gasteiger partial charge in [0.1, 0.15) is 0 Å². The van der Waals surface area contributed by atoms with E-state index in [9.17, 15) is 0 Å². The average molecular weight is 470 g/mol. The molecule has 0 aliphatic carbocycles. The van der Waals surface area contributed by atoms with Crippen LogP contribution in [0.15, 0.2) is 60.9 Å². The molecule has 2 heterocycles. The number of imidazole rings is 1. The predicted octanol–water partition coefficient (Wildman–Crippen LogP) is 2.23. The van der Waals surface area contributed by atoms with Gasteiger partial charge >= 0.3 is 20.2 Å². The Balaban J connectivity index is 1.58. The number of nitrogen functional groups attached to an aromatic ring is 1. The second-order valence-corrected chi connectivity index (χ2v) is 7.93. The number of nitrogens with two attached hydrogens (primary N) is 1. The summed E-state index contributed by atoms with van der Waals surface area (Å²) in [7, 11) is -0.862. The van der Waals surface area contributed by atoms with Crippen molar-refractivity contribution in [3.63, 3.8) is 0 Å². The summed E-state index contributed by atoms with van der Waals surface area (Å²) in [6, 6.07) is 18.6. The molecule has 10 nitrogen and oxygen atoms in total. The fourth-order valence-electron chi connectivity index (χ4n) is 3.50. The van der Waals surface area contributed by atoms with Crippen LogP contribution in [0, 0.1) is 0 Å². The van der Waals surface area contributed by atoms with Crippen molar-refractivity contribution < 1.29 is 28.4 Å². The highest BCUT2D eigenvalue weighted by Crippen LogP contribution is 2.25. The molecule has 0 amide bonds. The minimum absolute atomic E-state index is 0.0616. The van der Waals surface area contributed by atoms with E-state index in [1.54, 1.807) is 4.57 Å². The SMILES string of the molecule is COc1nc(N)nc2c1n(Cc1ccc(-c3ccccc3)cc1)c[n+]2COCCOP(O)O. The van der Waals surface area contributed by atoms with E-state index in [0.717, 1.165) is 16.7 Å². The number of fused-ring (bicyclic) bond motifs is 1. The molecule has 0 bridgehead atoms. The van der Waals surface area contributed by atoms with Crippen LogP contribution in [0.1, 0.15) is 5.56 Å². The Morgan fingerprint density at radius 1 is 1.00 bits per heavy atom. The van der Waals surface area contributed by atoms with Crippen LogP contribution in [-0.4, -0.2) is 44.6 Å². The highest BCUT2D eigenvalue weighted by molar-refractivity contribution is 7.39. The van der Waals surface area contributed by atoms with Crippen molar-refractivity contribution >= 4 is 25.7 Å². The molecule has 0 aliphatic rings. The molecule has 4 aromatic rings. The topological polar surface area (TPSA) is 129 Å². The van der Waals surface area contributed by atoms with Gasteiger partial charge in [-0.1, -0.05) is 59.6 Å². The smallest absolute Gasteiger partial charge is 0.327 e. The summed E-state index contributed by atoms with van der Waals surface area (Å²) >= 11 is 0. The van der Waals surface area contributed by atoms with E-state index < -0.39 is 8.60 Å². The Morgan fingerprint density at radius 3 is 2.42 bits per heavy atom. The van der Waals surface area contributed by atoms with Gasteiger partial charge in [-0.2, -0.15) is 4.98 Å². The number of aromatic nitrogens is 4. The molecule has 4 N–H and O–H groups in total. The molecule has 0 fully saturated rings. The number of benzene rings is 2. The Hall–Kier alpha value is -3.14. The summed E-state index contributed by atoms with van der Waals surface area (Å²) in [5.74, 6) is 0.458. The van der Waals surface area contributed by atoms with Crippen LogP contribution in [0.3, 0.4) is 0 Å². The van der Waals surface area contributed by atoms with Gasteiger partial charge in [0.25, 0.3) is 5.88 Å². The Morgan fingerprint density at radius 2 is 1.73 bits per heavy atom. The maximum atomic E-state index is 8.81. The molecule has 33 heavy (non-hydrogen) atoms. The largest absolute Gasteiger partial charge is 0.478 e. The molecule has 4 rings (SSSR count). The first-order valence-corrected chi connectivity index (χ1v) is 11.3. The summed E-state index contributed by atoms with van der Waals surface area (Å²) in [5, 5.41) is 0. The van der Waals surface area contributed by atoms with Crippen LogP contribution in [0.4, 0.5) is 5.95 Å². The first-order valence-electron chi connectivity index (χ1n) is 10.2. The first-order chi connectivity index (χ1) is 16.0. The van der Waals surface area contributed by atoms with Gasteiger partial charge < -0.3 is 29.5 Å². The first kappa shape index (κ1) is 23.0. The van der Waals surface area contributed by atoms with Crippen LogP contribution in [0.25, 0.3) is 22.3 Å². The zero-order chi connectivity index (χ0) is 23.2. The monoisotopic (exact) mass is 470 g/mol. The van der Waals surface area contributed by atoms with E-state index in [-0.39, 0.29) is 25.9 Å². The maximum Gasteiger partial charge on any atom is 0.327 e. The van der Waals surface area contributed by atoms with Crippen molar-refractivity contribution in [2.24, 2.45) is 0 Å².